The Labute approximate surface area is 118 Å². The van der Waals surface area contributed by atoms with Crippen LogP contribution in [0.4, 0.5) is 23.5 Å². The SMILES string of the molecule is Cc1ccc(Nc2nc(N)nc(N3CCCC3)n2)cc1. The van der Waals surface area contributed by atoms with Gasteiger partial charge in [0.25, 0.3) is 0 Å². The molecule has 2 aromatic rings. The lowest BCUT2D eigenvalue weighted by Gasteiger charge is -2.16. The molecule has 3 N–H and O–H groups in total. The van der Waals surface area contributed by atoms with Crippen LogP contribution in [0.3, 0.4) is 0 Å². The van der Waals surface area contributed by atoms with Gasteiger partial charge < -0.3 is 16.0 Å². The molecule has 0 unspecified atom stereocenters. The molecule has 0 bridgehead atoms. The molecule has 1 saturated heterocycles. The number of rotatable bonds is 3. The van der Waals surface area contributed by atoms with Crippen LogP contribution in [0.25, 0.3) is 0 Å². The molecule has 2 heterocycles. The lowest BCUT2D eigenvalue weighted by atomic mass is 10.2. The summed E-state index contributed by atoms with van der Waals surface area (Å²) in [6, 6.07) is 8.05. The Kier molecular flexibility index (Phi) is 3.37. The zero-order valence-electron chi connectivity index (χ0n) is 11.5. The monoisotopic (exact) mass is 270 g/mol. The second-order valence-electron chi connectivity index (χ2n) is 5.00. The minimum absolute atomic E-state index is 0.247. The number of nitrogen functional groups attached to an aromatic ring is 1. The van der Waals surface area contributed by atoms with E-state index in [1.807, 2.05) is 24.3 Å². The van der Waals surface area contributed by atoms with Gasteiger partial charge in [-0.3, -0.25) is 0 Å². The summed E-state index contributed by atoms with van der Waals surface area (Å²) in [5.41, 5.74) is 7.93. The Morgan fingerprint density at radius 3 is 2.45 bits per heavy atom. The highest BCUT2D eigenvalue weighted by molar-refractivity contribution is 5.55. The zero-order valence-corrected chi connectivity index (χ0v) is 11.5. The van der Waals surface area contributed by atoms with Gasteiger partial charge in [-0.2, -0.15) is 15.0 Å². The Morgan fingerprint density at radius 2 is 1.75 bits per heavy atom. The lowest BCUT2D eigenvalue weighted by molar-refractivity contribution is 0.887. The van der Waals surface area contributed by atoms with Crippen molar-refractivity contribution in [1.82, 2.24) is 15.0 Å². The van der Waals surface area contributed by atoms with Gasteiger partial charge in [-0.15, -0.1) is 0 Å². The van der Waals surface area contributed by atoms with Crippen molar-refractivity contribution in [1.29, 1.82) is 0 Å². The summed E-state index contributed by atoms with van der Waals surface area (Å²) in [6.45, 7) is 4.01. The first-order valence-corrected chi connectivity index (χ1v) is 6.81. The molecule has 0 amide bonds. The third kappa shape index (κ3) is 2.79. The fourth-order valence-electron chi connectivity index (χ4n) is 2.26. The van der Waals surface area contributed by atoms with Crippen LogP contribution in [-0.4, -0.2) is 28.0 Å². The van der Waals surface area contributed by atoms with Crippen molar-refractivity contribution in [2.75, 3.05) is 29.0 Å². The summed E-state index contributed by atoms with van der Waals surface area (Å²) >= 11 is 0. The highest BCUT2D eigenvalue weighted by Gasteiger charge is 2.16. The first-order chi connectivity index (χ1) is 9.70. The number of anilines is 4. The molecule has 0 atom stereocenters. The second-order valence-corrected chi connectivity index (χ2v) is 5.00. The zero-order chi connectivity index (χ0) is 13.9. The third-order valence-electron chi connectivity index (χ3n) is 3.34. The van der Waals surface area contributed by atoms with Crippen molar-refractivity contribution < 1.29 is 0 Å². The lowest BCUT2D eigenvalue weighted by Crippen LogP contribution is -2.21. The van der Waals surface area contributed by atoms with Gasteiger partial charge in [-0.1, -0.05) is 17.7 Å². The first kappa shape index (κ1) is 12.7. The molecule has 104 valence electrons. The highest BCUT2D eigenvalue weighted by atomic mass is 15.3. The average Bonchev–Trinajstić information content (AvgIpc) is 2.95. The van der Waals surface area contributed by atoms with E-state index < -0.39 is 0 Å². The first-order valence-electron chi connectivity index (χ1n) is 6.81. The van der Waals surface area contributed by atoms with Crippen LogP contribution in [0.1, 0.15) is 18.4 Å². The number of nitrogens with two attached hydrogens (primary N) is 1. The van der Waals surface area contributed by atoms with E-state index >= 15 is 0 Å². The summed E-state index contributed by atoms with van der Waals surface area (Å²) in [4.78, 5) is 14.9. The maximum atomic E-state index is 5.78. The molecule has 3 rings (SSSR count). The Balaban J connectivity index is 1.83. The van der Waals surface area contributed by atoms with E-state index in [0.717, 1.165) is 18.8 Å². The van der Waals surface area contributed by atoms with Crippen molar-refractivity contribution in [2.45, 2.75) is 19.8 Å². The van der Waals surface area contributed by atoms with Gasteiger partial charge in [0, 0.05) is 18.8 Å². The average molecular weight is 270 g/mol. The molecular weight excluding hydrogens is 252 g/mol. The van der Waals surface area contributed by atoms with E-state index in [-0.39, 0.29) is 5.95 Å². The molecule has 1 aromatic carbocycles. The predicted molar refractivity (Wildman–Crippen MR) is 80.1 cm³/mol. The molecule has 6 nitrogen and oxygen atoms in total. The minimum atomic E-state index is 0.247. The van der Waals surface area contributed by atoms with E-state index in [1.54, 1.807) is 0 Å². The van der Waals surface area contributed by atoms with Gasteiger partial charge >= 0.3 is 0 Å². The number of aromatic nitrogens is 3. The van der Waals surface area contributed by atoms with Crippen LogP contribution < -0.4 is 16.0 Å². The van der Waals surface area contributed by atoms with E-state index in [4.69, 9.17) is 5.73 Å². The Hall–Kier alpha value is -2.37. The van der Waals surface area contributed by atoms with Crippen LogP contribution in [0.5, 0.6) is 0 Å². The van der Waals surface area contributed by atoms with E-state index in [9.17, 15) is 0 Å². The van der Waals surface area contributed by atoms with Crippen LogP contribution in [0, 0.1) is 6.92 Å². The smallest absolute Gasteiger partial charge is 0.233 e. The number of benzene rings is 1. The molecule has 1 fully saturated rings. The summed E-state index contributed by atoms with van der Waals surface area (Å²) in [5.74, 6) is 1.39. The van der Waals surface area contributed by atoms with Crippen LogP contribution >= 0.6 is 0 Å². The number of nitrogens with zero attached hydrogens (tertiary/aromatic N) is 4. The standard InChI is InChI=1S/C14H18N6/c1-10-4-6-11(7-5-10)16-13-17-12(15)18-14(19-13)20-8-2-3-9-20/h4-7H,2-3,8-9H2,1H3,(H3,15,16,17,18,19). The molecule has 1 aliphatic heterocycles. The summed E-state index contributed by atoms with van der Waals surface area (Å²) in [5, 5.41) is 3.17. The summed E-state index contributed by atoms with van der Waals surface area (Å²) in [7, 11) is 0. The number of aryl methyl sites for hydroxylation is 1. The molecule has 1 aromatic heterocycles. The predicted octanol–water partition coefficient (Wildman–Crippen LogP) is 2.11. The maximum absolute atomic E-state index is 5.78. The van der Waals surface area contributed by atoms with E-state index in [0.29, 0.717) is 11.9 Å². The Morgan fingerprint density at radius 1 is 1.05 bits per heavy atom. The van der Waals surface area contributed by atoms with Gasteiger partial charge in [0.05, 0.1) is 0 Å². The van der Waals surface area contributed by atoms with Gasteiger partial charge in [0.15, 0.2) is 0 Å². The van der Waals surface area contributed by atoms with Crippen molar-refractivity contribution in [3.8, 4) is 0 Å². The molecule has 0 saturated carbocycles. The third-order valence-corrected chi connectivity index (χ3v) is 3.34. The van der Waals surface area contributed by atoms with Gasteiger partial charge in [-0.05, 0) is 31.9 Å². The van der Waals surface area contributed by atoms with Crippen molar-refractivity contribution in [2.24, 2.45) is 0 Å². The van der Waals surface area contributed by atoms with Gasteiger partial charge in [-0.25, -0.2) is 0 Å². The topological polar surface area (TPSA) is 80.0 Å². The van der Waals surface area contributed by atoms with Crippen molar-refractivity contribution >= 4 is 23.5 Å². The minimum Gasteiger partial charge on any atom is -0.368 e. The highest BCUT2D eigenvalue weighted by Crippen LogP contribution is 2.20. The van der Waals surface area contributed by atoms with Gasteiger partial charge in [0.1, 0.15) is 0 Å². The van der Waals surface area contributed by atoms with Crippen LogP contribution in [0.2, 0.25) is 0 Å². The fourth-order valence-corrected chi connectivity index (χ4v) is 2.26. The molecule has 20 heavy (non-hydrogen) atoms. The molecule has 6 heteroatoms. The van der Waals surface area contributed by atoms with Gasteiger partial charge in [0.2, 0.25) is 17.8 Å². The number of nitrogens with one attached hydrogen (secondary N) is 1. The quantitative estimate of drug-likeness (QED) is 0.889. The van der Waals surface area contributed by atoms with Crippen LogP contribution in [0.15, 0.2) is 24.3 Å². The molecule has 0 aliphatic carbocycles. The summed E-state index contributed by atoms with van der Waals surface area (Å²) in [6.07, 6.45) is 2.35. The van der Waals surface area contributed by atoms with Crippen molar-refractivity contribution in [3.05, 3.63) is 29.8 Å². The fraction of sp³-hybridized carbons (Fsp3) is 0.357. The normalized spacial score (nSPS) is 14.6. The molecule has 0 spiro atoms. The number of hydrogen-bond donors (Lipinski definition) is 2. The molecule has 0 radical (unpaired) electrons. The summed E-state index contributed by atoms with van der Waals surface area (Å²) < 4.78 is 0. The van der Waals surface area contributed by atoms with E-state index in [1.165, 1.54) is 18.4 Å². The molecule has 1 aliphatic rings. The van der Waals surface area contributed by atoms with Crippen LogP contribution in [-0.2, 0) is 0 Å². The Bertz CT molecular complexity index is 589. The molecular formula is C14H18N6. The largest absolute Gasteiger partial charge is 0.368 e. The van der Waals surface area contributed by atoms with E-state index in [2.05, 4.69) is 32.1 Å². The number of hydrogen-bond acceptors (Lipinski definition) is 6. The maximum Gasteiger partial charge on any atom is 0.233 e. The second kappa shape index (κ2) is 5.32. The van der Waals surface area contributed by atoms with Crippen molar-refractivity contribution in [3.63, 3.8) is 0 Å².